The molecule has 3 atom stereocenters. The molecule has 0 spiro atoms. The van der Waals surface area contributed by atoms with E-state index >= 15 is 0 Å². The molecule has 12 heteroatoms. The van der Waals surface area contributed by atoms with Crippen molar-refractivity contribution in [3.8, 4) is 0 Å². The molecule has 238 valence electrons. The molecule has 2 saturated heterocycles. The van der Waals surface area contributed by atoms with E-state index < -0.39 is 53.2 Å². The number of carbonyl (C=O) groups excluding carboxylic acids is 4. The fourth-order valence-electron chi connectivity index (χ4n) is 5.15. The SMILES string of the molecule is CCc1ccc2ccc(/C=C/C3(C(=O)OC(C(=O)NC(C)C(=O)N4CCCC(C(N)=O)N4)C(C)C)COCCOC3)cc2n1. The number of hydrazine groups is 1. The first kappa shape index (κ1) is 33.0. The number of aryl methyl sites for hydroxylation is 1. The zero-order valence-corrected chi connectivity index (χ0v) is 25.8. The van der Waals surface area contributed by atoms with E-state index in [2.05, 4.69) is 17.7 Å². The van der Waals surface area contributed by atoms with E-state index in [0.29, 0.717) is 32.6 Å². The van der Waals surface area contributed by atoms with Crippen molar-refractivity contribution in [1.82, 2.24) is 20.7 Å². The van der Waals surface area contributed by atoms with Gasteiger partial charge in [0.05, 0.1) is 31.9 Å². The highest BCUT2D eigenvalue weighted by atomic mass is 16.6. The van der Waals surface area contributed by atoms with Crippen LogP contribution in [0.15, 0.2) is 36.4 Å². The molecule has 4 rings (SSSR count). The van der Waals surface area contributed by atoms with Crippen LogP contribution in [-0.4, -0.2) is 84.8 Å². The summed E-state index contributed by atoms with van der Waals surface area (Å²) in [7, 11) is 0. The summed E-state index contributed by atoms with van der Waals surface area (Å²) in [5.41, 5.74) is 9.58. The molecule has 1 aromatic carbocycles. The lowest BCUT2D eigenvalue weighted by Gasteiger charge is -2.34. The summed E-state index contributed by atoms with van der Waals surface area (Å²) in [6.45, 7) is 8.12. The average molecular weight is 610 g/mol. The monoisotopic (exact) mass is 609 g/mol. The second kappa shape index (κ2) is 14.7. The minimum absolute atomic E-state index is 0.0110. The quantitative estimate of drug-likeness (QED) is 0.342. The van der Waals surface area contributed by atoms with Gasteiger partial charge in [0.25, 0.3) is 11.8 Å². The van der Waals surface area contributed by atoms with E-state index in [9.17, 15) is 19.2 Å². The van der Waals surface area contributed by atoms with Crippen LogP contribution in [-0.2, 0) is 39.8 Å². The number of hydrogen-bond acceptors (Lipinski definition) is 9. The number of esters is 1. The Morgan fingerprint density at radius 3 is 2.52 bits per heavy atom. The molecule has 1 aromatic heterocycles. The van der Waals surface area contributed by atoms with Crippen LogP contribution in [0.2, 0.25) is 0 Å². The van der Waals surface area contributed by atoms with Crippen LogP contribution in [0, 0.1) is 11.3 Å². The van der Waals surface area contributed by atoms with Gasteiger partial charge in [0, 0.05) is 17.6 Å². The number of pyridine rings is 1. The predicted molar refractivity (Wildman–Crippen MR) is 164 cm³/mol. The van der Waals surface area contributed by atoms with Gasteiger partial charge in [-0.3, -0.25) is 29.2 Å². The highest BCUT2D eigenvalue weighted by molar-refractivity contribution is 5.91. The van der Waals surface area contributed by atoms with Gasteiger partial charge in [-0.1, -0.05) is 51.1 Å². The second-order valence-electron chi connectivity index (χ2n) is 11.7. The number of fused-ring (bicyclic) bond motifs is 1. The Bertz CT molecular complexity index is 1390. The Morgan fingerprint density at radius 2 is 1.86 bits per heavy atom. The zero-order valence-electron chi connectivity index (χ0n) is 25.8. The van der Waals surface area contributed by atoms with Crippen molar-refractivity contribution in [1.29, 1.82) is 0 Å². The third-order valence-electron chi connectivity index (χ3n) is 7.85. The van der Waals surface area contributed by atoms with E-state index in [4.69, 9.17) is 24.9 Å². The van der Waals surface area contributed by atoms with Crippen molar-refractivity contribution in [2.75, 3.05) is 33.0 Å². The standard InChI is InChI=1S/C32H43N5O7/c1-5-24-11-10-23-9-8-22(17-26(23)35-24)12-13-32(18-42-15-16-43-19-32)31(41)44-27(20(2)3)29(39)34-21(4)30(40)37-14-6-7-25(36-37)28(33)38/h8-13,17,20-21,25,27,36H,5-7,14-16,18-19H2,1-4H3,(H2,33,38)(H,34,39)/b13-12+. The molecule has 0 radical (unpaired) electrons. The highest BCUT2D eigenvalue weighted by Crippen LogP contribution is 2.28. The molecule has 4 N–H and O–H groups in total. The number of rotatable bonds is 10. The average Bonchev–Trinajstić information content (AvgIpc) is 3.28. The smallest absolute Gasteiger partial charge is 0.321 e. The molecule has 3 amide bonds. The van der Waals surface area contributed by atoms with Crippen LogP contribution in [0.1, 0.15) is 51.8 Å². The van der Waals surface area contributed by atoms with Crippen molar-refractivity contribution in [3.05, 3.63) is 47.7 Å². The highest BCUT2D eigenvalue weighted by Gasteiger charge is 2.43. The summed E-state index contributed by atoms with van der Waals surface area (Å²) in [5, 5.41) is 4.98. The first-order valence-corrected chi connectivity index (χ1v) is 15.2. The molecule has 0 aliphatic carbocycles. The van der Waals surface area contributed by atoms with Gasteiger partial charge in [0.1, 0.15) is 17.5 Å². The molecule has 12 nitrogen and oxygen atoms in total. The number of carbonyl (C=O) groups is 4. The van der Waals surface area contributed by atoms with Crippen LogP contribution in [0.4, 0.5) is 0 Å². The molecule has 3 heterocycles. The normalized spacial score (nSPS) is 20.2. The van der Waals surface area contributed by atoms with Gasteiger partial charge in [-0.25, -0.2) is 5.43 Å². The largest absolute Gasteiger partial charge is 0.451 e. The number of benzene rings is 1. The van der Waals surface area contributed by atoms with Crippen molar-refractivity contribution < 1.29 is 33.4 Å². The number of nitrogens with one attached hydrogen (secondary N) is 2. The molecule has 2 aliphatic heterocycles. The van der Waals surface area contributed by atoms with Gasteiger partial charge in [0.15, 0.2) is 6.10 Å². The van der Waals surface area contributed by atoms with E-state index in [1.165, 1.54) is 11.9 Å². The minimum atomic E-state index is -1.31. The summed E-state index contributed by atoms with van der Waals surface area (Å²) in [6, 6.07) is 8.30. The molecular formula is C32H43N5O7. The topological polar surface area (TPSA) is 162 Å². The Balaban J connectivity index is 1.49. The maximum atomic E-state index is 13.8. The lowest BCUT2D eigenvalue weighted by atomic mass is 9.88. The Kier molecular flexibility index (Phi) is 11.1. The Labute approximate surface area is 257 Å². The van der Waals surface area contributed by atoms with E-state index in [1.807, 2.05) is 36.4 Å². The summed E-state index contributed by atoms with van der Waals surface area (Å²) in [4.78, 5) is 56.5. The summed E-state index contributed by atoms with van der Waals surface area (Å²) in [5.74, 6) is -2.67. The number of ether oxygens (including phenoxy) is 3. The summed E-state index contributed by atoms with van der Waals surface area (Å²) >= 11 is 0. The molecule has 2 fully saturated rings. The van der Waals surface area contributed by atoms with Gasteiger partial charge in [0.2, 0.25) is 5.91 Å². The van der Waals surface area contributed by atoms with Crippen LogP contribution < -0.4 is 16.5 Å². The lowest BCUT2D eigenvalue weighted by molar-refractivity contribution is -0.170. The fraction of sp³-hybridized carbons (Fsp3) is 0.531. The van der Waals surface area contributed by atoms with Crippen molar-refractivity contribution in [2.24, 2.45) is 17.1 Å². The van der Waals surface area contributed by atoms with Crippen LogP contribution >= 0.6 is 0 Å². The third-order valence-corrected chi connectivity index (χ3v) is 7.85. The van der Waals surface area contributed by atoms with Gasteiger partial charge in [-0.05, 0) is 49.8 Å². The fourth-order valence-corrected chi connectivity index (χ4v) is 5.15. The summed E-state index contributed by atoms with van der Waals surface area (Å²) in [6.07, 6.45) is 4.28. The van der Waals surface area contributed by atoms with E-state index in [-0.39, 0.29) is 13.2 Å². The van der Waals surface area contributed by atoms with Gasteiger partial charge in [-0.15, -0.1) is 0 Å². The Morgan fingerprint density at radius 1 is 1.16 bits per heavy atom. The van der Waals surface area contributed by atoms with Gasteiger partial charge >= 0.3 is 5.97 Å². The van der Waals surface area contributed by atoms with E-state index in [1.54, 1.807) is 19.9 Å². The number of aromatic nitrogens is 1. The lowest BCUT2D eigenvalue weighted by Crippen LogP contribution is -2.61. The van der Waals surface area contributed by atoms with Crippen LogP contribution in [0.5, 0.6) is 0 Å². The zero-order chi connectivity index (χ0) is 31.9. The molecule has 0 saturated carbocycles. The number of amides is 3. The molecule has 0 bridgehead atoms. The van der Waals surface area contributed by atoms with E-state index in [0.717, 1.165) is 28.6 Å². The molecular weight excluding hydrogens is 566 g/mol. The first-order chi connectivity index (χ1) is 21.0. The number of hydrogen-bond donors (Lipinski definition) is 3. The van der Waals surface area contributed by atoms with Crippen molar-refractivity contribution in [3.63, 3.8) is 0 Å². The molecule has 2 aliphatic rings. The van der Waals surface area contributed by atoms with Gasteiger partial charge in [-0.2, -0.15) is 0 Å². The third kappa shape index (κ3) is 7.99. The minimum Gasteiger partial charge on any atom is -0.451 e. The summed E-state index contributed by atoms with van der Waals surface area (Å²) < 4.78 is 17.3. The second-order valence-corrected chi connectivity index (χ2v) is 11.7. The van der Waals surface area contributed by atoms with Crippen LogP contribution in [0.25, 0.3) is 17.0 Å². The first-order valence-electron chi connectivity index (χ1n) is 15.2. The molecule has 3 unspecified atom stereocenters. The van der Waals surface area contributed by atoms with Crippen molar-refractivity contribution >= 4 is 40.7 Å². The maximum Gasteiger partial charge on any atom is 0.321 e. The number of primary amides is 1. The van der Waals surface area contributed by atoms with Gasteiger partial charge < -0.3 is 25.3 Å². The van der Waals surface area contributed by atoms with Crippen LogP contribution in [0.3, 0.4) is 0 Å². The Hall–Kier alpha value is -3.87. The predicted octanol–water partition coefficient (Wildman–Crippen LogP) is 1.90. The van der Waals surface area contributed by atoms with Crippen molar-refractivity contribution in [2.45, 2.75) is 65.1 Å². The maximum absolute atomic E-state index is 13.8. The molecule has 2 aromatic rings. The number of nitrogens with zero attached hydrogens (tertiary/aromatic N) is 2. The number of nitrogens with two attached hydrogens (primary N) is 1. The molecule has 44 heavy (non-hydrogen) atoms.